The summed E-state index contributed by atoms with van der Waals surface area (Å²) >= 11 is 1.96. The van der Waals surface area contributed by atoms with Crippen molar-refractivity contribution in [3.05, 3.63) is 16.1 Å². The molecule has 1 saturated carbocycles. The van der Waals surface area contributed by atoms with E-state index in [1.807, 2.05) is 11.3 Å². The molecule has 1 nitrogen and oxygen atoms in total. The molecule has 16 heavy (non-hydrogen) atoms. The fraction of sp³-hybridized carbons (Fsp3) is 0.786. The van der Waals surface area contributed by atoms with Crippen LogP contribution in [0.5, 0.6) is 0 Å². The van der Waals surface area contributed by atoms with E-state index >= 15 is 0 Å². The molecule has 0 atom stereocenters. The SMILES string of the molecule is CCC(C)(C)c1ncc(C2CCCCC2)s1. The molecule has 2 rings (SSSR count). The second-order valence-corrected chi connectivity index (χ2v) is 6.70. The Morgan fingerprint density at radius 2 is 2.00 bits per heavy atom. The molecule has 1 aromatic heterocycles. The van der Waals surface area contributed by atoms with E-state index < -0.39 is 0 Å². The number of thiazole rings is 1. The quantitative estimate of drug-likeness (QED) is 0.730. The second kappa shape index (κ2) is 4.87. The first-order valence-corrected chi connectivity index (χ1v) is 7.41. The highest BCUT2D eigenvalue weighted by atomic mass is 32.1. The number of nitrogens with zero attached hydrogens (tertiary/aromatic N) is 1. The maximum atomic E-state index is 4.65. The summed E-state index contributed by atoms with van der Waals surface area (Å²) in [7, 11) is 0. The van der Waals surface area contributed by atoms with Gasteiger partial charge in [0.2, 0.25) is 0 Å². The third-order valence-electron chi connectivity index (χ3n) is 3.99. The van der Waals surface area contributed by atoms with Crippen LogP contribution in [0.1, 0.15) is 75.1 Å². The maximum Gasteiger partial charge on any atom is 0.0983 e. The second-order valence-electron chi connectivity index (χ2n) is 5.64. The Labute approximate surface area is 103 Å². The van der Waals surface area contributed by atoms with Gasteiger partial charge < -0.3 is 0 Å². The lowest BCUT2D eigenvalue weighted by molar-refractivity contribution is 0.448. The van der Waals surface area contributed by atoms with Gasteiger partial charge in [0.1, 0.15) is 0 Å². The van der Waals surface area contributed by atoms with Crippen LogP contribution in [0.25, 0.3) is 0 Å². The molecule has 0 radical (unpaired) electrons. The summed E-state index contributed by atoms with van der Waals surface area (Å²) in [5.74, 6) is 0.813. The van der Waals surface area contributed by atoms with E-state index in [1.165, 1.54) is 48.4 Å². The van der Waals surface area contributed by atoms with Gasteiger partial charge in [-0.05, 0) is 25.2 Å². The molecule has 1 aromatic rings. The van der Waals surface area contributed by atoms with E-state index in [1.54, 1.807) is 0 Å². The number of aromatic nitrogens is 1. The molecule has 0 aliphatic heterocycles. The summed E-state index contributed by atoms with van der Waals surface area (Å²) in [5, 5.41) is 1.33. The lowest BCUT2D eigenvalue weighted by atomic mass is 9.88. The Morgan fingerprint density at radius 1 is 1.31 bits per heavy atom. The summed E-state index contributed by atoms with van der Waals surface area (Å²) in [4.78, 5) is 6.19. The van der Waals surface area contributed by atoms with Crippen molar-refractivity contribution in [2.45, 2.75) is 70.6 Å². The van der Waals surface area contributed by atoms with Gasteiger partial charge in [-0.25, -0.2) is 4.98 Å². The monoisotopic (exact) mass is 237 g/mol. The minimum absolute atomic E-state index is 0.261. The minimum Gasteiger partial charge on any atom is -0.249 e. The summed E-state index contributed by atoms with van der Waals surface area (Å²) in [6.07, 6.45) is 10.3. The van der Waals surface area contributed by atoms with Gasteiger partial charge in [0, 0.05) is 16.5 Å². The maximum absolute atomic E-state index is 4.65. The van der Waals surface area contributed by atoms with Gasteiger partial charge in [0.15, 0.2) is 0 Å². The van der Waals surface area contributed by atoms with Crippen molar-refractivity contribution in [2.24, 2.45) is 0 Å². The molecule has 90 valence electrons. The molecule has 2 heteroatoms. The highest BCUT2D eigenvalue weighted by molar-refractivity contribution is 7.11. The molecular formula is C14H23NS. The highest BCUT2D eigenvalue weighted by Crippen LogP contribution is 2.38. The van der Waals surface area contributed by atoms with Crippen molar-refractivity contribution in [1.29, 1.82) is 0 Å². The Bertz CT molecular complexity index is 334. The van der Waals surface area contributed by atoms with Crippen LogP contribution < -0.4 is 0 Å². The van der Waals surface area contributed by atoms with Crippen LogP contribution in [0.3, 0.4) is 0 Å². The average Bonchev–Trinajstić information content (AvgIpc) is 2.80. The van der Waals surface area contributed by atoms with Gasteiger partial charge in [-0.3, -0.25) is 0 Å². The van der Waals surface area contributed by atoms with Crippen LogP contribution in [-0.2, 0) is 5.41 Å². The number of hydrogen-bond donors (Lipinski definition) is 0. The van der Waals surface area contributed by atoms with E-state index in [0.717, 1.165) is 5.92 Å². The fourth-order valence-corrected chi connectivity index (χ4v) is 3.58. The van der Waals surface area contributed by atoms with Crippen LogP contribution in [0, 0.1) is 0 Å². The summed E-state index contributed by atoms with van der Waals surface area (Å²) in [6, 6.07) is 0. The minimum atomic E-state index is 0.261. The third-order valence-corrected chi connectivity index (χ3v) is 5.52. The largest absolute Gasteiger partial charge is 0.249 e. The van der Waals surface area contributed by atoms with E-state index in [2.05, 4.69) is 32.0 Å². The molecule has 1 aliphatic rings. The van der Waals surface area contributed by atoms with Crippen LogP contribution in [-0.4, -0.2) is 4.98 Å². The van der Waals surface area contributed by atoms with Gasteiger partial charge in [-0.1, -0.05) is 40.0 Å². The number of hydrogen-bond acceptors (Lipinski definition) is 2. The van der Waals surface area contributed by atoms with Crippen LogP contribution in [0.15, 0.2) is 6.20 Å². The molecule has 0 amide bonds. The van der Waals surface area contributed by atoms with Gasteiger partial charge >= 0.3 is 0 Å². The number of rotatable bonds is 3. The summed E-state index contributed by atoms with van der Waals surface area (Å²) in [6.45, 7) is 6.86. The smallest absolute Gasteiger partial charge is 0.0983 e. The first-order chi connectivity index (χ1) is 7.63. The first-order valence-electron chi connectivity index (χ1n) is 6.59. The third kappa shape index (κ3) is 2.48. The zero-order valence-electron chi connectivity index (χ0n) is 10.8. The van der Waals surface area contributed by atoms with Crippen molar-refractivity contribution in [3.63, 3.8) is 0 Å². The molecule has 1 fully saturated rings. The first kappa shape index (κ1) is 12.1. The zero-order valence-corrected chi connectivity index (χ0v) is 11.6. The molecule has 0 saturated heterocycles. The molecule has 0 bridgehead atoms. The van der Waals surface area contributed by atoms with Gasteiger partial charge in [0.05, 0.1) is 5.01 Å². The Morgan fingerprint density at radius 3 is 2.62 bits per heavy atom. The molecule has 0 unspecified atom stereocenters. The van der Waals surface area contributed by atoms with Crippen molar-refractivity contribution < 1.29 is 0 Å². The summed E-state index contributed by atoms with van der Waals surface area (Å²) < 4.78 is 0. The van der Waals surface area contributed by atoms with E-state index in [-0.39, 0.29) is 5.41 Å². The average molecular weight is 237 g/mol. The lowest BCUT2D eigenvalue weighted by Crippen LogP contribution is -2.14. The van der Waals surface area contributed by atoms with Crippen molar-refractivity contribution >= 4 is 11.3 Å². The molecule has 0 aromatic carbocycles. The van der Waals surface area contributed by atoms with E-state index in [0.29, 0.717) is 0 Å². The van der Waals surface area contributed by atoms with E-state index in [9.17, 15) is 0 Å². The lowest BCUT2D eigenvalue weighted by Gasteiger charge is -2.21. The fourth-order valence-electron chi connectivity index (χ4n) is 2.33. The molecule has 0 spiro atoms. The topological polar surface area (TPSA) is 12.9 Å². The predicted octanol–water partition coefficient (Wildman–Crippen LogP) is 4.88. The normalized spacial score (nSPS) is 18.9. The highest BCUT2D eigenvalue weighted by Gasteiger charge is 2.24. The van der Waals surface area contributed by atoms with Crippen LogP contribution in [0.2, 0.25) is 0 Å². The van der Waals surface area contributed by atoms with Crippen molar-refractivity contribution in [1.82, 2.24) is 4.98 Å². The van der Waals surface area contributed by atoms with Gasteiger partial charge in [-0.15, -0.1) is 11.3 Å². The molecule has 0 N–H and O–H groups in total. The van der Waals surface area contributed by atoms with E-state index in [4.69, 9.17) is 0 Å². The Hall–Kier alpha value is -0.370. The predicted molar refractivity (Wildman–Crippen MR) is 71.3 cm³/mol. The summed E-state index contributed by atoms with van der Waals surface area (Å²) in [5.41, 5.74) is 0.261. The van der Waals surface area contributed by atoms with Crippen molar-refractivity contribution in [2.75, 3.05) is 0 Å². The van der Waals surface area contributed by atoms with Gasteiger partial charge in [-0.2, -0.15) is 0 Å². The standard InChI is InChI=1S/C14H23NS/c1-4-14(2,3)13-15-10-12(16-13)11-8-6-5-7-9-11/h10-11H,4-9H2,1-3H3. The van der Waals surface area contributed by atoms with Crippen LogP contribution >= 0.6 is 11.3 Å². The molecular weight excluding hydrogens is 214 g/mol. The van der Waals surface area contributed by atoms with Crippen LogP contribution in [0.4, 0.5) is 0 Å². The molecule has 1 heterocycles. The van der Waals surface area contributed by atoms with Crippen molar-refractivity contribution in [3.8, 4) is 0 Å². The van der Waals surface area contributed by atoms with Gasteiger partial charge in [0.25, 0.3) is 0 Å². The molecule has 1 aliphatic carbocycles. The zero-order chi connectivity index (χ0) is 11.6. The Kier molecular flexibility index (Phi) is 3.68. The Balaban J connectivity index is 2.12.